The standard InChI is InChI=1S/C16H27N3O/c1-2-4-7-13(6-3-1)11-16-18-15(19-20-16)10-14-8-5-9-17-12-14/h13-14,17H,1-12H2. The van der Waals surface area contributed by atoms with Gasteiger partial charge in [0.05, 0.1) is 0 Å². The molecule has 1 aliphatic heterocycles. The summed E-state index contributed by atoms with van der Waals surface area (Å²) in [5.74, 6) is 3.24. The molecular formula is C16H27N3O. The van der Waals surface area contributed by atoms with Crippen molar-refractivity contribution in [1.29, 1.82) is 0 Å². The van der Waals surface area contributed by atoms with Gasteiger partial charge in [-0.25, -0.2) is 0 Å². The molecule has 2 fully saturated rings. The van der Waals surface area contributed by atoms with E-state index in [9.17, 15) is 0 Å². The van der Waals surface area contributed by atoms with Crippen molar-refractivity contribution >= 4 is 0 Å². The minimum Gasteiger partial charge on any atom is -0.339 e. The molecule has 0 bridgehead atoms. The number of piperidine rings is 1. The van der Waals surface area contributed by atoms with Gasteiger partial charge in [-0.1, -0.05) is 30.8 Å². The molecule has 112 valence electrons. The van der Waals surface area contributed by atoms with Crippen molar-refractivity contribution in [3.63, 3.8) is 0 Å². The molecule has 1 aromatic rings. The second-order valence-corrected chi connectivity index (χ2v) is 6.58. The average Bonchev–Trinajstić information content (AvgIpc) is 2.74. The summed E-state index contributed by atoms with van der Waals surface area (Å²) in [5, 5.41) is 7.63. The van der Waals surface area contributed by atoms with Gasteiger partial charge in [-0.2, -0.15) is 4.98 Å². The van der Waals surface area contributed by atoms with Gasteiger partial charge in [-0.3, -0.25) is 0 Å². The van der Waals surface area contributed by atoms with Crippen LogP contribution >= 0.6 is 0 Å². The quantitative estimate of drug-likeness (QED) is 0.859. The summed E-state index contributed by atoms with van der Waals surface area (Å²) in [7, 11) is 0. The maximum atomic E-state index is 5.47. The molecule has 1 N–H and O–H groups in total. The molecule has 1 atom stereocenters. The molecule has 4 nitrogen and oxygen atoms in total. The molecule has 20 heavy (non-hydrogen) atoms. The Kier molecular flexibility index (Phi) is 5.06. The molecular weight excluding hydrogens is 250 g/mol. The molecule has 4 heteroatoms. The molecule has 1 unspecified atom stereocenters. The first-order valence-electron chi connectivity index (χ1n) is 8.42. The van der Waals surface area contributed by atoms with Crippen LogP contribution in [0, 0.1) is 11.8 Å². The van der Waals surface area contributed by atoms with Crippen molar-refractivity contribution < 1.29 is 4.52 Å². The minimum absolute atomic E-state index is 0.687. The van der Waals surface area contributed by atoms with E-state index >= 15 is 0 Å². The van der Waals surface area contributed by atoms with E-state index in [1.54, 1.807) is 0 Å². The van der Waals surface area contributed by atoms with Gasteiger partial charge >= 0.3 is 0 Å². The predicted molar refractivity (Wildman–Crippen MR) is 78.5 cm³/mol. The highest BCUT2D eigenvalue weighted by atomic mass is 16.5. The Hall–Kier alpha value is -0.900. The zero-order valence-electron chi connectivity index (χ0n) is 12.4. The minimum atomic E-state index is 0.687. The van der Waals surface area contributed by atoms with Gasteiger partial charge in [0.25, 0.3) is 0 Å². The van der Waals surface area contributed by atoms with Crippen molar-refractivity contribution in [2.75, 3.05) is 13.1 Å². The molecule has 1 saturated heterocycles. The smallest absolute Gasteiger partial charge is 0.226 e. The molecule has 2 aliphatic rings. The van der Waals surface area contributed by atoms with Gasteiger partial charge < -0.3 is 9.84 Å². The zero-order chi connectivity index (χ0) is 13.6. The molecule has 0 radical (unpaired) electrons. The van der Waals surface area contributed by atoms with E-state index in [2.05, 4.69) is 15.5 Å². The molecule has 1 aromatic heterocycles. The monoisotopic (exact) mass is 277 g/mol. The lowest BCUT2D eigenvalue weighted by Crippen LogP contribution is -2.31. The zero-order valence-corrected chi connectivity index (χ0v) is 12.4. The Bertz CT molecular complexity index is 390. The highest BCUT2D eigenvalue weighted by Crippen LogP contribution is 2.25. The molecule has 3 rings (SSSR count). The van der Waals surface area contributed by atoms with Crippen molar-refractivity contribution in [2.24, 2.45) is 11.8 Å². The normalized spacial score (nSPS) is 25.5. The van der Waals surface area contributed by atoms with E-state index in [4.69, 9.17) is 4.52 Å². The van der Waals surface area contributed by atoms with Crippen LogP contribution < -0.4 is 5.32 Å². The van der Waals surface area contributed by atoms with Gasteiger partial charge in [0.1, 0.15) is 0 Å². The second-order valence-electron chi connectivity index (χ2n) is 6.58. The molecule has 2 heterocycles. The number of nitrogens with zero attached hydrogens (tertiary/aromatic N) is 2. The average molecular weight is 277 g/mol. The van der Waals surface area contributed by atoms with Crippen molar-refractivity contribution in [2.45, 2.75) is 64.2 Å². The molecule has 1 saturated carbocycles. The molecule has 1 aliphatic carbocycles. The Balaban J connectivity index is 1.50. The number of aromatic nitrogens is 2. The Labute approximate surface area is 121 Å². The van der Waals surface area contributed by atoms with Crippen LogP contribution in [0.4, 0.5) is 0 Å². The highest BCUT2D eigenvalue weighted by molar-refractivity contribution is 4.91. The van der Waals surface area contributed by atoms with Gasteiger partial charge in [-0.15, -0.1) is 0 Å². The third-order valence-corrected chi connectivity index (χ3v) is 4.82. The Morgan fingerprint density at radius 3 is 2.50 bits per heavy atom. The van der Waals surface area contributed by atoms with E-state index in [1.165, 1.54) is 51.4 Å². The summed E-state index contributed by atoms with van der Waals surface area (Å²) in [4.78, 5) is 4.62. The van der Waals surface area contributed by atoms with E-state index in [-0.39, 0.29) is 0 Å². The van der Waals surface area contributed by atoms with Crippen LogP contribution in [0.25, 0.3) is 0 Å². The van der Waals surface area contributed by atoms with Crippen LogP contribution in [-0.2, 0) is 12.8 Å². The van der Waals surface area contributed by atoms with Gasteiger partial charge in [-0.05, 0) is 50.6 Å². The maximum absolute atomic E-state index is 5.47. The number of hydrogen-bond donors (Lipinski definition) is 1. The summed E-state index contributed by atoms with van der Waals surface area (Å²) in [6, 6.07) is 0. The second kappa shape index (κ2) is 7.21. The van der Waals surface area contributed by atoms with Crippen LogP contribution in [0.1, 0.15) is 63.1 Å². The first-order chi connectivity index (χ1) is 9.90. The fraction of sp³-hybridized carbons (Fsp3) is 0.875. The summed E-state index contributed by atoms with van der Waals surface area (Å²) in [6.07, 6.45) is 12.8. The number of rotatable bonds is 4. The Morgan fingerprint density at radius 2 is 1.75 bits per heavy atom. The van der Waals surface area contributed by atoms with E-state index in [0.29, 0.717) is 5.92 Å². The van der Waals surface area contributed by atoms with Crippen LogP contribution in [0.2, 0.25) is 0 Å². The number of nitrogens with one attached hydrogen (secondary N) is 1. The van der Waals surface area contributed by atoms with E-state index in [0.717, 1.165) is 43.6 Å². The summed E-state index contributed by atoms with van der Waals surface area (Å²) in [6.45, 7) is 2.27. The van der Waals surface area contributed by atoms with Crippen LogP contribution in [0.5, 0.6) is 0 Å². The third kappa shape index (κ3) is 4.05. The summed E-state index contributed by atoms with van der Waals surface area (Å²) in [5.41, 5.74) is 0. The lowest BCUT2D eigenvalue weighted by Gasteiger charge is -2.20. The van der Waals surface area contributed by atoms with Crippen molar-refractivity contribution in [3.8, 4) is 0 Å². The SMILES string of the molecule is C1CCCC(Cc2nc(CC3CCCNC3)no2)CC1. The largest absolute Gasteiger partial charge is 0.339 e. The van der Waals surface area contributed by atoms with E-state index < -0.39 is 0 Å². The van der Waals surface area contributed by atoms with Gasteiger partial charge in [0.2, 0.25) is 5.89 Å². The van der Waals surface area contributed by atoms with E-state index in [1.807, 2.05) is 0 Å². The fourth-order valence-electron chi connectivity index (χ4n) is 3.63. The van der Waals surface area contributed by atoms with Crippen molar-refractivity contribution in [1.82, 2.24) is 15.5 Å². The predicted octanol–water partition coefficient (Wildman–Crippen LogP) is 3.12. The lowest BCUT2D eigenvalue weighted by molar-refractivity contribution is 0.329. The molecule has 0 aromatic carbocycles. The summed E-state index contributed by atoms with van der Waals surface area (Å²) >= 11 is 0. The van der Waals surface area contributed by atoms with Gasteiger partial charge in [0, 0.05) is 12.8 Å². The summed E-state index contributed by atoms with van der Waals surface area (Å²) < 4.78 is 5.47. The highest BCUT2D eigenvalue weighted by Gasteiger charge is 2.19. The third-order valence-electron chi connectivity index (χ3n) is 4.82. The Morgan fingerprint density at radius 1 is 0.950 bits per heavy atom. The molecule has 0 amide bonds. The topological polar surface area (TPSA) is 51.0 Å². The lowest BCUT2D eigenvalue weighted by atomic mass is 9.96. The maximum Gasteiger partial charge on any atom is 0.226 e. The van der Waals surface area contributed by atoms with Crippen LogP contribution in [0.3, 0.4) is 0 Å². The van der Waals surface area contributed by atoms with Crippen LogP contribution in [-0.4, -0.2) is 23.2 Å². The van der Waals surface area contributed by atoms with Gasteiger partial charge in [0.15, 0.2) is 5.82 Å². The first-order valence-corrected chi connectivity index (χ1v) is 8.42. The fourth-order valence-corrected chi connectivity index (χ4v) is 3.63. The van der Waals surface area contributed by atoms with Crippen molar-refractivity contribution in [3.05, 3.63) is 11.7 Å². The number of hydrogen-bond acceptors (Lipinski definition) is 4. The first kappa shape index (κ1) is 14.1. The van der Waals surface area contributed by atoms with Crippen LogP contribution in [0.15, 0.2) is 4.52 Å². The molecule has 0 spiro atoms.